The van der Waals surface area contributed by atoms with Gasteiger partial charge in [0.25, 0.3) is 0 Å². The molecular weight excluding hydrogens is 230 g/mol. The van der Waals surface area contributed by atoms with E-state index in [0.29, 0.717) is 13.0 Å². The van der Waals surface area contributed by atoms with Crippen LogP contribution in [0.25, 0.3) is 0 Å². The molecule has 1 amide bonds. The van der Waals surface area contributed by atoms with E-state index in [9.17, 15) is 4.79 Å². The standard InChI is InChI=1S/C14H21NO3/c1-14(2,11-16)8-9-15-13(17)18-10-12-6-4-3-5-7-12/h3-7,16H,8-11H2,1-2H3,(H,15,17). The van der Waals surface area contributed by atoms with Crippen molar-refractivity contribution in [2.75, 3.05) is 13.2 Å². The molecule has 0 aliphatic heterocycles. The molecule has 0 aliphatic carbocycles. The van der Waals surface area contributed by atoms with E-state index in [1.807, 2.05) is 44.2 Å². The molecule has 0 spiro atoms. The first-order valence-corrected chi connectivity index (χ1v) is 6.09. The first-order chi connectivity index (χ1) is 8.53. The number of aliphatic hydroxyl groups excluding tert-OH is 1. The molecule has 2 N–H and O–H groups in total. The van der Waals surface area contributed by atoms with Gasteiger partial charge in [-0.15, -0.1) is 0 Å². The fourth-order valence-electron chi connectivity index (χ4n) is 1.36. The number of amides is 1. The average molecular weight is 251 g/mol. The van der Waals surface area contributed by atoms with Gasteiger partial charge in [0, 0.05) is 13.2 Å². The van der Waals surface area contributed by atoms with Crippen molar-refractivity contribution < 1.29 is 14.6 Å². The highest BCUT2D eigenvalue weighted by molar-refractivity contribution is 5.67. The fraction of sp³-hybridized carbons (Fsp3) is 0.500. The summed E-state index contributed by atoms with van der Waals surface area (Å²) in [6.45, 7) is 4.78. The van der Waals surface area contributed by atoms with Gasteiger partial charge in [0.1, 0.15) is 6.61 Å². The minimum atomic E-state index is -0.424. The Bertz CT molecular complexity index is 363. The zero-order valence-corrected chi connectivity index (χ0v) is 11.0. The van der Waals surface area contributed by atoms with Crippen LogP contribution in [0, 0.1) is 5.41 Å². The van der Waals surface area contributed by atoms with E-state index in [0.717, 1.165) is 5.56 Å². The number of alkyl carbamates (subject to hydrolysis) is 1. The lowest BCUT2D eigenvalue weighted by molar-refractivity contribution is 0.130. The maximum atomic E-state index is 11.4. The number of benzene rings is 1. The number of carbonyl (C=O) groups excluding carboxylic acids is 1. The molecule has 0 aliphatic rings. The van der Waals surface area contributed by atoms with Crippen LogP contribution < -0.4 is 5.32 Å². The minimum absolute atomic E-state index is 0.105. The third-order valence-electron chi connectivity index (χ3n) is 2.71. The monoisotopic (exact) mass is 251 g/mol. The summed E-state index contributed by atoms with van der Waals surface area (Å²) in [7, 11) is 0. The van der Waals surface area contributed by atoms with Gasteiger partial charge in [-0.25, -0.2) is 4.79 Å². The Morgan fingerprint density at radius 3 is 2.61 bits per heavy atom. The van der Waals surface area contributed by atoms with Crippen LogP contribution in [-0.2, 0) is 11.3 Å². The van der Waals surface area contributed by atoms with Gasteiger partial charge in [-0.1, -0.05) is 44.2 Å². The molecule has 0 saturated carbocycles. The SMILES string of the molecule is CC(C)(CO)CCNC(=O)OCc1ccccc1. The van der Waals surface area contributed by atoms with Crippen LogP contribution in [0.4, 0.5) is 4.79 Å². The highest BCUT2D eigenvalue weighted by Crippen LogP contribution is 2.17. The molecule has 0 aromatic heterocycles. The van der Waals surface area contributed by atoms with Crippen LogP contribution >= 0.6 is 0 Å². The number of nitrogens with one attached hydrogen (secondary N) is 1. The Labute approximate surface area is 108 Å². The van der Waals surface area contributed by atoms with Gasteiger partial charge >= 0.3 is 6.09 Å². The molecule has 100 valence electrons. The second-order valence-electron chi connectivity index (χ2n) is 5.06. The zero-order valence-electron chi connectivity index (χ0n) is 11.0. The highest BCUT2D eigenvalue weighted by Gasteiger charge is 2.16. The summed E-state index contributed by atoms with van der Waals surface area (Å²) in [5.41, 5.74) is 0.788. The van der Waals surface area contributed by atoms with Crippen molar-refractivity contribution in [3.63, 3.8) is 0 Å². The second kappa shape index (κ2) is 7.01. The summed E-state index contributed by atoms with van der Waals surface area (Å²) < 4.78 is 5.06. The summed E-state index contributed by atoms with van der Waals surface area (Å²) in [5, 5.41) is 11.7. The lowest BCUT2D eigenvalue weighted by atomic mass is 9.91. The fourth-order valence-corrected chi connectivity index (χ4v) is 1.36. The van der Waals surface area contributed by atoms with Crippen molar-refractivity contribution in [1.82, 2.24) is 5.32 Å². The Hall–Kier alpha value is -1.55. The second-order valence-corrected chi connectivity index (χ2v) is 5.06. The summed E-state index contributed by atoms with van der Waals surface area (Å²) >= 11 is 0. The number of rotatable bonds is 6. The molecule has 4 nitrogen and oxygen atoms in total. The number of ether oxygens (including phenoxy) is 1. The van der Waals surface area contributed by atoms with E-state index in [2.05, 4.69) is 5.32 Å². The summed E-state index contributed by atoms with van der Waals surface area (Å²) in [4.78, 5) is 11.4. The van der Waals surface area contributed by atoms with Crippen LogP contribution in [0.15, 0.2) is 30.3 Å². The number of aliphatic hydroxyl groups is 1. The van der Waals surface area contributed by atoms with Gasteiger partial charge in [-0.05, 0) is 17.4 Å². The van der Waals surface area contributed by atoms with Crippen molar-refractivity contribution in [2.24, 2.45) is 5.41 Å². The van der Waals surface area contributed by atoms with E-state index >= 15 is 0 Å². The quantitative estimate of drug-likeness (QED) is 0.815. The van der Waals surface area contributed by atoms with Gasteiger partial charge in [0.15, 0.2) is 0 Å². The van der Waals surface area contributed by atoms with E-state index in [4.69, 9.17) is 9.84 Å². The number of hydrogen-bond donors (Lipinski definition) is 2. The minimum Gasteiger partial charge on any atom is -0.445 e. The van der Waals surface area contributed by atoms with Crippen molar-refractivity contribution >= 4 is 6.09 Å². The summed E-state index contributed by atoms with van der Waals surface area (Å²) in [6, 6.07) is 9.53. The normalized spacial score (nSPS) is 11.1. The van der Waals surface area contributed by atoms with Crippen molar-refractivity contribution in [3.8, 4) is 0 Å². The maximum Gasteiger partial charge on any atom is 0.407 e. The first kappa shape index (κ1) is 14.5. The van der Waals surface area contributed by atoms with Crippen molar-refractivity contribution in [3.05, 3.63) is 35.9 Å². The van der Waals surface area contributed by atoms with Crippen LogP contribution in [0.2, 0.25) is 0 Å². The third kappa shape index (κ3) is 5.68. The molecule has 1 aromatic carbocycles. The predicted octanol–water partition coefficient (Wildman–Crippen LogP) is 2.32. The molecular formula is C14H21NO3. The lowest BCUT2D eigenvalue weighted by Crippen LogP contribution is -2.29. The van der Waals surface area contributed by atoms with E-state index < -0.39 is 6.09 Å². The Kier molecular flexibility index (Phi) is 5.65. The highest BCUT2D eigenvalue weighted by atomic mass is 16.5. The number of carbonyl (C=O) groups is 1. The van der Waals surface area contributed by atoms with Crippen molar-refractivity contribution in [2.45, 2.75) is 26.9 Å². The van der Waals surface area contributed by atoms with E-state index in [1.165, 1.54) is 0 Å². The van der Waals surface area contributed by atoms with Crippen LogP contribution in [0.1, 0.15) is 25.8 Å². The molecule has 1 rings (SSSR count). The molecule has 0 heterocycles. The summed E-state index contributed by atoms with van der Waals surface area (Å²) in [6.07, 6.45) is 0.289. The Morgan fingerprint density at radius 2 is 2.00 bits per heavy atom. The van der Waals surface area contributed by atoms with E-state index in [-0.39, 0.29) is 18.6 Å². The lowest BCUT2D eigenvalue weighted by Gasteiger charge is -2.21. The van der Waals surface area contributed by atoms with Gasteiger partial charge < -0.3 is 15.2 Å². The molecule has 0 saturated heterocycles. The van der Waals surface area contributed by atoms with Gasteiger partial charge in [0.2, 0.25) is 0 Å². The van der Waals surface area contributed by atoms with Gasteiger partial charge in [-0.3, -0.25) is 0 Å². The molecule has 18 heavy (non-hydrogen) atoms. The van der Waals surface area contributed by atoms with E-state index in [1.54, 1.807) is 0 Å². The topological polar surface area (TPSA) is 58.6 Å². The Morgan fingerprint density at radius 1 is 1.33 bits per heavy atom. The average Bonchev–Trinajstić information content (AvgIpc) is 2.37. The molecule has 0 bridgehead atoms. The largest absolute Gasteiger partial charge is 0.445 e. The zero-order chi connectivity index (χ0) is 13.4. The van der Waals surface area contributed by atoms with Crippen LogP contribution in [0.5, 0.6) is 0 Å². The molecule has 0 unspecified atom stereocenters. The summed E-state index contributed by atoms with van der Waals surface area (Å²) in [5.74, 6) is 0. The molecule has 4 heteroatoms. The Balaban J connectivity index is 2.19. The molecule has 0 atom stereocenters. The molecule has 1 aromatic rings. The predicted molar refractivity (Wildman–Crippen MR) is 70.1 cm³/mol. The number of hydrogen-bond acceptors (Lipinski definition) is 3. The molecule has 0 fully saturated rings. The van der Waals surface area contributed by atoms with Crippen LogP contribution in [-0.4, -0.2) is 24.4 Å². The maximum absolute atomic E-state index is 11.4. The van der Waals surface area contributed by atoms with Gasteiger partial charge in [0.05, 0.1) is 0 Å². The molecule has 0 radical (unpaired) electrons. The van der Waals surface area contributed by atoms with Crippen molar-refractivity contribution in [1.29, 1.82) is 0 Å². The van der Waals surface area contributed by atoms with Gasteiger partial charge in [-0.2, -0.15) is 0 Å². The smallest absolute Gasteiger partial charge is 0.407 e. The van der Waals surface area contributed by atoms with Crippen LogP contribution in [0.3, 0.4) is 0 Å². The third-order valence-corrected chi connectivity index (χ3v) is 2.71. The first-order valence-electron chi connectivity index (χ1n) is 6.09.